The summed E-state index contributed by atoms with van der Waals surface area (Å²) in [5, 5.41) is 0. The van der Waals surface area contributed by atoms with E-state index in [0.717, 1.165) is 35.6 Å². The molecule has 3 rings (SSSR count). The lowest BCUT2D eigenvalue weighted by Crippen LogP contribution is -2.36. The molecule has 132 valence electrons. The molecule has 1 amide bonds. The second-order valence-corrected chi connectivity index (χ2v) is 9.70. The van der Waals surface area contributed by atoms with Crippen LogP contribution in [0.5, 0.6) is 0 Å². The lowest BCUT2D eigenvalue weighted by molar-refractivity contribution is -0.116. The molecule has 0 radical (unpaired) electrons. The van der Waals surface area contributed by atoms with Gasteiger partial charge in [-0.15, -0.1) is 0 Å². The van der Waals surface area contributed by atoms with E-state index in [1.54, 1.807) is 21.3 Å². The van der Waals surface area contributed by atoms with Crippen LogP contribution in [0.1, 0.15) is 25.8 Å². The maximum atomic E-state index is 13.1. The van der Waals surface area contributed by atoms with Crippen LogP contribution in [0.2, 0.25) is 0 Å². The minimum atomic E-state index is -3.52. The molecule has 1 aromatic rings. The van der Waals surface area contributed by atoms with Gasteiger partial charge in [-0.3, -0.25) is 4.79 Å². The van der Waals surface area contributed by atoms with Gasteiger partial charge in [0.2, 0.25) is 15.9 Å². The molecule has 5 nitrogen and oxygen atoms in total. The third-order valence-corrected chi connectivity index (χ3v) is 7.73. The number of benzene rings is 1. The van der Waals surface area contributed by atoms with Gasteiger partial charge in [0.25, 0.3) is 0 Å². The van der Waals surface area contributed by atoms with Crippen LogP contribution in [-0.2, 0) is 21.2 Å². The highest BCUT2D eigenvalue weighted by Gasteiger charge is 2.29. The summed E-state index contributed by atoms with van der Waals surface area (Å²) in [6, 6.07) is 5.25. The number of thioether (sulfide) groups is 1. The Kier molecular flexibility index (Phi) is 5.22. The second-order valence-electron chi connectivity index (χ2n) is 6.61. The highest BCUT2D eigenvalue weighted by Crippen LogP contribution is 2.31. The Morgan fingerprint density at radius 1 is 1.29 bits per heavy atom. The summed E-state index contributed by atoms with van der Waals surface area (Å²) in [4.78, 5) is 13.9. The maximum Gasteiger partial charge on any atom is 0.243 e. The summed E-state index contributed by atoms with van der Waals surface area (Å²) in [6.07, 6.45) is 1.80. The maximum absolute atomic E-state index is 13.1. The van der Waals surface area contributed by atoms with Crippen molar-refractivity contribution in [3.05, 3.63) is 23.8 Å². The van der Waals surface area contributed by atoms with Crippen LogP contribution in [0.15, 0.2) is 23.1 Å². The van der Waals surface area contributed by atoms with Crippen LogP contribution in [-0.4, -0.2) is 49.8 Å². The number of fused-ring (bicyclic) bond motifs is 1. The summed E-state index contributed by atoms with van der Waals surface area (Å²) in [5.41, 5.74) is 1.81. The van der Waals surface area contributed by atoms with E-state index in [2.05, 4.69) is 6.92 Å². The molecule has 2 aliphatic heterocycles. The monoisotopic (exact) mass is 368 g/mol. The van der Waals surface area contributed by atoms with E-state index in [-0.39, 0.29) is 5.91 Å². The SMILES string of the molecule is CC(=O)N1CCCc2ccc(S(=O)(=O)N3CCSCC(C)C3)cc21. The van der Waals surface area contributed by atoms with E-state index >= 15 is 0 Å². The molecule has 2 aliphatic rings. The van der Waals surface area contributed by atoms with Crippen molar-refractivity contribution in [2.75, 3.05) is 36.0 Å². The molecule has 1 saturated heterocycles. The molecule has 24 heavy (non-hydrogen) atoms. The van der Waals surface area contributed by atoms with Gasteiger partial charge in [0, 0.05) is 38.0 Å². The number of carbonyl (C=O) groups is 1. The largest absolute Gasteiger partial charge is 0.312 e. The average molecular weight is 369 g/mol. The molecule has 0 aliphatic carbocycles. The lowest BCUT2D eigenvalue weighted by atomic mass is 10.0. The quantitative estimate of drug-likeness (QED) is 0.804. The van der Waals surface area contributed by atoms with Crippen molar-refractivity contribution in [2.45, 2.75) is 31.6 Å². The predicted octanol–water partition coefficient (Wildman–Crippen LogP) is 2.36. The summed E-state index contributed by atoms with van der Waals surface area (Å²) >= 11 is 1.81. The van der Waals surface area contributed by atoms with Crippen LogP contribution in [0.4, 0.5) is 5.69 Å². The van der Waals surface area contributed by atoms with Gasteiger partial charge in [-0.25, -0.2) is 8.42 Å². The summed E-state index contributed by atoms with van der Waals surface area (Å²) < 4.78 is 27.7. The number of nitrogens with zero attached hydrogens (tertiary/aromatic N) is 2. The number of carbonyl (C=O) groups excluding carboxylic acids is 1. The topological polar surface area (TPSA) is 57.7 Å². The highest BCUT2D eigenvalue weighted by atomic mass is 32.2. The summed E-state index contributed by atoms with van der Waals surface area (Å²) in [7, 11) is -3.52. The zero-order valence-electron chi connectivity index (χ0n) is 14.2. The Bertz CT molecular complexity index is 733. The smallest absolute Gasteiger partial charge is 0.243 e. The van der Waals surface area contributed by atoms with Crippen LogP contribution >= 0.6 is 11.8 Å². The molecule has 0 saturated carbocycles. The van der Waals surface area contributed by atoms with Gasteiger partial charge in [0.15, 0.2) is 0 Å². The van der Waals surface area contributed by atoms with E-state index in [0.29, 0.717) is 30.4 Å². The predicted molar refractivity (Wildman–Crippen MR) is 98.0 cm³/mol. The molecule has 1 atom stereocenters. The first-order valence-electron chi connectivity index (χ1n) is 8.38. The first kappa shape index (κ1) is 17.8. The van der Waals surface area contributed by atoms with Crippen LogP contribution in [0, 0.1) is 5.92 Å². The second kappa shape index (κ2) is 7.06. The third kappa shape index (κ3) is 3.48. The van der Waals surface area contributed by atoms with Crippen LogP contribution in [0.25, 0.3) is 0 Å². The van der Waals surface area contributed by atoms with Crippen LogP contribution < -0.4 is 4.90 Å². The van der Waals surface area contributed by atoms with Crippen molar-refractivity contribution < 1.29 is 13.2 Å². The van der Waals surface area contributed by atoms with Crippen LogP contribution in [0.3, 0.4) is 0 Å². The van der Waals surface area contributed by atoms with Crippen molar-refractivity contribution in [2.24, 2.45) is 5.92 Å². The third-order valence-electron chi connectivity index (χ3n) is 4.60. The normalized spacial score (nSPS) is 22.8. The Morgan fingerprint density at radius 3 is 2.83 bits per heavy atom. The fraction of sp³-hybridized carbons (Fsp3) is 0.588. The zero-order chi connectivity index (χ0) is 17.3. The highest BCUT2D eigenvalue weighted by molar-refractivity contribution is 7.99. The number of rotatable bonds is 2. The molecule has 1 aromatic carbocycles. The van der Waals surface area contributed by atoms with E-state index in [9.17, 15) is 13.2 Å². The molecule has 2 heterocycles. The Hall–Kier alpha value is -1.05. The molecule has 0 bridgehead atoms. The number of anilines is 1. The van der Waals surface area contributed by atoms with Crippen molar-refractivity contribution >= 4 is 33.4 Å². The standard InChI is InChI=1S/C17H24N2O3S2/c1-13-11-18(8-9-23-12-13)24(21,22)16-6-5-15-4-3-7-19(14(2)20)17(15)10-16/h5-6,10,13H,3-4,7-9,11-12H2,1-2H3. The number of sulfonamides is 1. The molecule has 1 unspecified atom stereocenters. The van der Waals surface area contributed by atoms with Crippen molar-refractivity contribution in [1.29, 1.82) is 0 Å². The molecular weight excluding hydrogens is 344 g/mol. The average Bonchev–Trinajstić information content (AvgIpc) is 2.78. The zero-order valence-corrected chi connectivity index (χ0v) is 15.8. The van der Waals surface area contributed by atoms with E-state index < -0.39 is 10.0 Å². The number of hydrogen-bond donors (Lipinski definition) is 0. The van der Waals surface area contributed by atoms with Crippen molar-refractivity contribution in [3.63, 3.8) is 0 Å². The Labute approximate surface area is 148 Å². The first-order valence-corrected chi connectivity index (χ1v) is 11.0. The molecule has 7 heteroatoms. The lowest BCUT2D eigenvalue weighted by Gasteiger charge is -2.29. The molecule has 1 fully saturated rings. The fourth-order valence-corrected chi connectivity index (χ4v) is 6.07. The molecular formula is C17H24N2O3S2. The van der Waals surface area contributed by atoms with E-state index in [4.69, 9.17) is 0 Å². The van der Waals surface area contributed by atoms with Gasteiger partial charge in [0.1, 0.15) is 0 Å². The van der Waals surface area contributed by atoms with Gasteiger partial charge >= 0.3 is 0 Å². The minimum Gasteiger partial charge on any atom is -0.312 e. The molecule has 0 N–H and O–H groups in total. The van der Waals surface area contributed by atoms with E-state index in [1.807, 2.05) is 17.8 Å². The number of amides is 1. The van der Waals surface area contributed by atoms with Gasteiger partial charge in [-0.05, 0) is 42.2 Å². The fourth-order valence-electron chi connectivity index (χ4n) is 3.35. The molecule has 0 aromatic heterocycles. The minimum absolute atomic E-state index is 0.0368. The van der Waals surface area contributed by atoms with Gasteiger partial charge < -0.3 is 4.90 Å². The Morgan fingerprint density at radius 2 is 2.08 bits per heavy atom. The van der Waals surface area contributed by atoms with Gasteiger partial charge in [-0.2, -0.15) is 16.1 Å². The Balaban J connectivity index is 1.96. The number of hydrogen-bond acceptors (Lipinski definition) is 4. The van der Waals surface area contributed by atoms with Crippen molar-refractivity contribution in [1.82, 2.24) is 4.31 Å². The number of aryl methyl sites for hydroxylation is 1. The first-order chi connectivity index (χ1) is 11.4. The van der Waals surface area contributed by atoms with E-state index in [1.165, 1.54) is 6.92 Å². The van der Waals surface area contributed by atoms with Gasteiger partial charge in [-0.1, -0.05) is 13.0 Å². The summed E-state index contributed by atoms with van der Waals surface area (Å²) in [6.45, 7) is 5.38. The summed E-state index contributed by atoms with van der Waals surface area (Å²) in [5.74, 6) is 2.13. The molecule has 0 spiro atoms. The van der Waals surface area contributed by atoms with Crippen molar-refractivity contribution in [3.8, 4) is 0 Å². The van der Waals surface area contributed by atoms with Gasteiger partial charge in [0.05, 0.1) is 4.90 Å².